The second kappa shape index (κ2) is 7.71. The van der Waals surface area contributed by atoms with Crippen LogP contribution in [0.5, 0.6) is 0 Å². The van der Waals surface area contributed by atoms with E-state index in [-0.39, 0.29) is 12.1 Å². The van der Waals surface area contributed by atoms with Crippen molar-refractivity contribution in [3.8, 4) is 0 Å². The van der Waals surface area contributed by atoms with Gasteiger partial charge in [-0.3, -0.25) is 0 Å². The van der Waals surface area contributed by atoms with Crippen LogP contribution in [-0.2, 0) is 11.3 Å². The molecule has 0 heterocycles. The first-order valence-electron chi connectivity index (χ1n) is 6.31. The molecule has 1 atom stereocenters. The van der Waals surface area contributed by atoms with E-state index in [4.69, 9.17) is 4.74 Å². The molecule has 1 rings (SSSR count). The fourth-order valence-electron chi connectivity index (χ4n) is 1.81. The maximum Gasteiger partial charge on any atom is 0.319 e. The van der Waals surface area contributed by atoms with Crippen LogP contribution in [0.15, 0.2) is 24.3 Å². The van der Waals surface area contributed by atoms with Crippen molar-refractivity contribution in [1.29, 1.82) is 0 Å². The highest BCUT2D eigenvalue weighted by molar-refractivity contribution is 5.90. The fraction of sp³-hybridized carbons (Fsp3) is 0.500. The van der Waals surface area contributed by atoms with Crippen LogP contribution >= 0.6 is 0 Å². The summed E-state index contributed by atoms with van der Waals surface area (Å²) in [6, 6.07) is 7.65. The van der Waals surface area contributed by atoms with Crippen LogP contribution in [0.3, 0.4) is 0 Å². The zero-order chi connectivity index (χ0) is 13.4. The van der Waals surface area contributed by atoms with E-state index < -0.39 is 0 Å². The first-order valence-corrected chi connectivity index (χ1v) is 6.31. The molecule has 0 saturated heterocycles. The average molecular weight is 250 g/mol. The Bertz CT molecular complexity index is 380. The number of urea groups is 1. The van der Waals surface area contributed by atoms with Gasteiger partial charge in [-0.05, 0) is 19.4 Å². The van der Waals surface area contributed by atoms with E-state index in [0.29, 0.717) is 6.61 Å². The van der Waals surface area contributed by atoms with Crippen LogP contribution in [0.4, 0.5) is 10.5 Å². The molecule has 0 spiro atoms. The van der Waals surface area contributed by atoms with Gasteiger partial charge >= 0.3 is 6.03 Å². The summed E-state index contributed by atoms with van der Waals surface area (Å²) in [5, 5.41) is 5.76. The van der Waals surface area contributed by atoms with Crippen LogP contribution in [0.1, 0.15) is 32.3 Å². The van der Waals surface area contributed by atoms with E-state index in [0.717, 1.165) is 24.1 Å². The zero-order valence-electron chi connectivity index (χ0n) is 11.3. The van der Waals surface area contributed by atoms with Crippen LogP contribution < -0.4 is 10.6 Å². The molecule has 100 valence electrons. The number of nitrogens with one attached hydrogen (secondary N) is 2. The first kappa shape index (κ1) is 14.5. The molecule has 1 aromatic rings. The van der Waals surface area contributed by atoms with Crippen LogP contribution in [0.25, 0.3) is 0 Å². The Morgan fingerprint density at radius 2 is 2.11 bits per heavy atom. The number of ether oxygens (including phenoxy) is 1. The van der Waals surface area contributed by atoms with Gasteiger partial charge in [-0.15, -0.1) is 0 Å². The minimum absolute atomic E-state index is 0.167. The van der Waals surface area contributed by atoms with Gasteiger partial charge < -0.3 is 15.4 Å². The summed E-state index contributed by atoms with van der Waals surface area (Å²) in [4.78, 5) is 11.8. The number of para-hydroxylation sites is 1. The van der Waals surface area contributed by atoms with Crippen LogP contribution in [0, 0.1) is 0 Å². The van der Waals surface area contributed by atoms with Crippen molar-refractivity contribution in [2.75, 3.05) is 12.4 Å². The van der Waals surface area contributed by atoms with Gasteiger partial charge in [0.25, 0.3) is 0 Å². The summed E-state index contributed by atoms with van der Waals surface area (Å²) >= 11 is 0. The van der Waals surface area contributed by atoms with E-state index in [9.17, 15) is 4.79 Å². The largest absolute Gasteiger partial charge is 0.380 e. The third kappa shape index (κ3) is 4.75. The van der Waals surface area contributed by atoms with E-state index >= 15 is 0 Å². The van der Waals surface area contributed by atoms with Crippen molar-refractivity contribution in [2.45, 2.75) is 39.3 Å². The topological polar surface area (TPSA) is 50.4 Å². The Morgan fingerprint density at radius 1 is 1.39 bits per heavy atom. The molecule has 1 aromatic carbocycles. The van der Waals surface area contributed by atoms with Gasteiger partial charge in [0, 0.05) is 24.4 Å². The predicted octanol–water partition coefficient (Wildman–Crippen LogP) is 3.14. The van der Waals surface area contributed by atoms with Crippen molar-refractivity contribution < 1.29 is 9.53 Å². The maximum absolute atomic E-state index is 11.8. The molecule has 0 radical (unpaired) electrons. The van der Waals surface area contributed by atoms with Crippen LogP contribution in [-0.4, -0.2) is 19.2 Å². The third-order valence-electron chi connectivity index (χ3n) is 2.66. The number of anilines is 1. The summed E-state index contributed by atoms with van der Waals surface area (Å²) in [7, 11) is 1.64. The predicted molar refractivity (Wildman–Crippen MR) is 73.7 cm³/mol. The lowest BCUT2D eigenvalue weighted by Crippen LogP contribution is -2.36. The molecule has 0 aliphatic carbocycles. The third-order valence-corrected chi connectivity index (χ3v) is 2.66. The number of benzene rings is 1. The molecule has 2 N–H and O–H groups in total. The molecule has 18 heavy (non-hydrogen) atoms. The second-order valence-corrected chi connectivity index (χ2v) is 4.38. The van der Waals surface area contributed by atoms with Gasteiger partial charge in [0.2, 0.25) is 0 Å². The number of hydrogen-bond acceptors (Lipinski definition) is 2. The lowest BCUT2D eigenvalue weighted by Gasteiger charge is -2.15. The van der Waals surface area contributed by atoms with E-state index in [1.807, 2.05) is 31.2 Å². The Morgan fingerprint density at radius 3 is 2.78 bits per heavy atom. The number of methoxy groups -OCH3 is 1. The molecule has 0 aromatic heterocycles. The lowest BCUT2D eigenvalue weighted by atomic mass is 10.2. The normalized spacial score (nSPS) is 11.9. The van der Waals surface area contributed by atoms with Crippen molar-refractivity contribution in [3.63, 3.8) is 0 Å². The molecule has 4 heteroatoms. The Kier molecular flexibility index (Phi) is 6.22. The quantitative estimate of drug-likeness (QED) is 0.815. The van der Waals surface area contributed by atoms with E-state index in [2.05, 4.69) is 17.6 Å². The molecule has 0 aliphatic rings. The Labute approximate surface area is 109 Å². The SMILES string of the molecule is CCC[C@H](C)NC(=O)Nc1ccccc1COC. The van der Waals surface area contributed by atoms with Gasteiger partial charge in [-0.2, -0.15) is 0 Å². The van der Waals surface area contributed by atoms with Crippen molar-refractivity contribution in [2.24, 2.45) is 0 Å². The fourth-order valence-corrected chi connectivity index (χ4v) is 1.81. The molecular formula is C14H22N2O2. The van der Waals surface area contributed by atoms with Gasteiger partial charge in [-0.25, -0.2) is 4.79 Å². The van der Waals surface area contributed by atoms with E-state index in [1.54, 1.807) is 7.11 Å². The number of carbonyl (C=O) groups excluding carboxylic acids is 1. The molecule has 0 fully saturated rings. The van der Waals surface area contributed by atoms with Gasteiger partial charge in [0.1, 0.15) is 0 Å². The summed E-state index contributed by atoms with van der Waals surface area (Å²) in [5.74, 6) is 0. The highest BCUT2D eigenvalue weighted by Gasteiger charge is 2.08. The molecule has 0 saturated carbocycles. The lowest BCUT2D eigenvalue weighted by molar-refractivity contribution is 0.185. The molecular weight excluding hydrogens is 228 g/mol. The summed E-state index contributed by atoms with van der Waals surface area (Å²) in [6.07, 6.45) is 2.04. The minimum Gasteiger partial charge on any atom is -0.380 e. The summed E-state index contributed by atoms with van der Waals surface area (Å²) < 4.78 is 5.10. The summed E-state index contributed by atoms with van der Waals surface area (Å²) in [5.41, 5.74) is 1.76. The minimum atomic E-state index is -0.167. The standard InChI is InChI=1S/C14H22N2O2/c1-4-7-11(2)15-14(17)16-13-9-6-5-8-12(13)10-18-3/h5-6,8-9,11H,4,7,10H2,1-3H3,(H2,15,16,17)/t11-/m0/s1. The monoisotopic (exact) mass is 250 g/mol. The zero-order valence-corrected chi connectivity index (χ0v) is 11.3. The molecule has 4 nitrogen and oxygen atoms in total. The molecule has 2 amide bonds. The summed E-state index contributed by atoms with van der Waals surface area (Å²) in [6.45, 7) is 4.59. The average Bonchev–Trinajstić information content (AvgIpc) is 2.32. The highest BCUT2D eigenvalue weighted by Crippen LogP contribution is 2.15. The number of carbonyl (C=O) groups is 1. The molecule has 0 bridgehead atoms. The van der Waals surface area contributed by atoms with Gasteiger partial charge in [0.05, 0.1) is 6.61 Å². The Balaban J connectivity index is 2.58. The smallest absolute Gasteiger partial charge is 0.319 e. The highest BCUT2D eigenvalue weighted by atomic mass is 16.5. The second-order valence-electron chi connectivity index (χ2n) is 4.38. The molecule has 0 unspecified atom stereocenters. The van der Waals surface area contributed by atoms with Crippen molar-refractivity contribution in [1.82, 2.24) is 5.32 Å². The maximum atomic E-state index is 11.8. The van der Waals surface area contributed by atoms with Crippen molar-refractivity contribution >= 4 is 11.7 Å². The molecule has 0 aliphatic heterocycles. The van der Waals surface area contributed by atoms with Crippen molar-refractivity contribution in [3.05, 3.63) is 29.8 Å². The van der Waals surface area contributed by atoms with Gasteiger partial charge in [0.15, 0.2) is 0 Å². The number of amides is 2. The Hall–Kier alpha value is -1.55. The van der Waals surface area contributed by atoms with Gasteiger partial charge in [-0.1, -0.05) is 31.5 Å². The number of hydrogen-bond donors (Lipinski definition) is 2. The first-order chi connectivity index (χ1) is 8.67. The van der Waals surface area contributed by atoms with Crippen LogP contribution in [0.2, 0.25) is 0 Å². The van der Waals surface area contributed by atoms with E-state index in [1.165, 1.54) is 0 Å². The number of rotatable bonds is 6.